The van der Waals surface area contributed by atoms with E-state index in [0.717, 1.165) is 0 Å². The van der Waals surface area contributed by atoms with E-state index in [4.69, 9.17) is 43.7 Å². The number of aliphatic hydroxyl groups excluding tert-OH is 4. The van der Waals surface area contributed by atoms with Crippen LogP contribution < -0.4 is 0 Å². The van der Waals surface area contributed by atoms with Crippen molar-refractivity contribution in [2.45, 2.75) is 0 Å². The molecule has 10 heteroatoms. The van der Waals surface area contributed by atoms with Gasteiger partial charge >= 0.3 is 0 Å². The zero-order valence-corrected chi connectivity index (χ0v) is 16.1. The van der Waals surface area contributed by atoms with E-state index in [1.54, 1.807) is 0 Å². The summed E-state index contributed by atoms with van der Waals surface area (Å²) in [5, 5.41) is 35.9. The standard InChI is InChI=1S/C17H36O10/c18-1-4-22-7-8-24-10-12-27-16-17(13-21,14-25-6-3-20)15-26-11-9-23-5-2-19/h18-21H,1-16H2. The van der Waals surface area contributed by atoms with Gasteiger partial charge in [-0.25, -0.2) is 0 Å². The van der Waals surface area contributed by atoms with Gasteiger partial charge in [0.2, 0.25) is 0 Å². The van der Waals surface area contributed by atoms with Crippen LogP contribution in [0.25, 0.3) is 0 Å². The van der Waals surface area contributed by atoms with Crippen molar-refractivity contribution in [3.05, 3.63) is 0 Å². The van der Waals surface area contributed by atoms with Crippen LogP contribution in [-0.4, -0.2) is 126 Å². The summed E-state index contributed by atoms with van der Waals surface area (Å²) in [6.45, 7) is 3.10. The Morgan fingerprint density at radius 3 is 1.07 bits per heavy atom. The van der Waals surface area contributed by atoms with Gasteiger partial charge in [0, 0.05) is 0 Å². The zero-order valence-electron chi connectivity index (χ0n) is 16.1. The van der Waals surface area contributed by atoms with E-state index in [9.17, 15) is 5.11 Å². The van der Waals surface area contributed by atoms with Crippen LogP contribution in [0, 0.1) is 5.41 Å². The molecule has 0 aromatic rings. The zero-order chi connectivity index (χ0) is 20.1. The third kappa shape index (κ3) is 16.3. The van der Waals surface area contributed by atoms with Gasteiger partial charge in [0.05, 0.1) is 111 Å². The van der Waals surface area contributed by atoms with E-state index >= 15 is 0 Å². The highest BCUT2D eigenvalue weighted by molar-refractivity contribution is 4.78. The summed E-state index contributed by atoms with van der Waals surface area (Å²) in [5.74, 6) is 0. The van der Waals surface area contributed by atoms with Crippen molar-refractivity contribution in [2.24, 2.45) is 5.41 Å². The van der Waals surface area contributed by atoms with Gasteiger partial charge in [-0.1, -0.05) is 0 Å². The van der Waals surface area contributed by atoms with Crippen molar-refractivity contribution in [2.75, 3.05) is 106 Å². The highest BCUT2D eigenvalue weighted by Gasteiger charge is 2.31. The number of hydrogen-bond donors (Lipinski definition) is 4. The van der Waals surface area contributed by atoms with Gasteiger partial charge in [-0.15, -0.1) is 0 Å². The number of aliphatic hydroxyl groups is 4. The SMILES string of the molecule is OCCOCCOCCOCC(CO)(COCCO)COCCOCCO. The molecule has 0 heterocycles. The van der Waals surface area contributed by atoms with Gasteiger partial charge in [-0.2, -0.15) is 0 Å². The third-order valence-electron chi connectivity index (χ3n) is 3.38. The normalized spacial score (nSPS) is 13.8. The maximum atomic E-state index is 9.80. The molecular formula is C17H36O10. The maximum Gasteiger partial charge on any atom is 0.0701 e. The highest BCUT2D eigenvalue weighted by atomic mass is 16.6. The second-order valence-corrected chi connectivity index (χ2v) is 5.82. The topological polar surface area (TPSA) is 136 Å². The predicted molar refractivity (Wildman–Crippen MR) is 95.7 cm³/mol. The molecule has 0 aliphatic carbocycles. The smallest absolute Gasteiger partial charge is 0.0701 e. The quantitative estimate of drug-likeness (QED) is 0.152. The minimum atomic E-state index is -0.754. The molecule has 4 N–H and O–H groups in total. The van der Waals surface area contributed by atoms with Gasteiger partial charge in [-0.05, 0) is 0 Å². The number of hydrogen-bond acceptors (Lipinski definition) is 10. The first-order chi connectivity index (χ1) is 13.2. The Hall–Kier alpha value is -0.400. The molecule has 0 rings (SSSR count). The molecule has 0 spiro atoms. The molecule has 1 atom stereocenters. The molecule has 10 nitrogen and oxygen atoms in total. The fourth-order valence-corrected chi connectivity index (χ4v) is 1.98. The van der Waals surface area contributed by atoms with E-state index in [-0.39, 0.29) is 66.1 Å². The van der Waals surface area contributed by atoms with Crippen LogP contribution in [-0.2, 0) is 28.4 Å². The van der Waals surface area contributed by atoms with Gasteiger partial charge in [0.25, 0.3) is 0 Å². The fraction of sp³-hybridized carbons (Fsp3) is 1.00. The first-order valence-electron chi connectivity index (χ1n) is 9.14. The Bertz CT molecular complexity index is 295. The molecule has 27 heavy (non-hydrogen) atoms. The molecule has 0 aliphatic rings. The van der Waals surface area contributed by atoms with Gasteiger partial charge < -0.3 is 48.8 Å². The average Bonchev–Trinajstić information content (AvgIpc) is 2.69. The van der Waals surface area contributed by atoms with Crippen LogP contribution in [0.1, 0.15) is 0 Å². The van der Waals surface area contributed by atoms with E-state index in [1.165, 1.54) is 0 Å². The lowest BCUT2D eigenvalue weighted by Gasteiger charge is -2.31. The first kappa shape index (κ1) is 26.6. The van der Waals surface area contributed by atoms with Crippen LogP contribution in [0.5, 0.6) is 0 Å². The first-order valence-corrected chi connectivity index (χ1v) is 9.14. The molecule has 0 aromatic heterocycles. The Morgan fingerprint density at radius 2 is 0.704 bits per heavy atom. The summed E-state index contributed by atoms with van der Waals surface area (Å²) in [6.07, 6.45) is 0. The summed E-state index contributed by atoms with van der Waals surface area (Å²) in [6, 6.07) is 0. The molecule has 0 radical (unpaired) electrons. The van der Waals surface area contributed by atoms with E-state index in [2.05, 4.69) is 0 Å². The van der Waals surface area contributed by atoms with Crippen LogP contribution in [0.3, 0.4) is 0 Å². The van der Waals surface area contributed by atoms with Crippen molar-refractivity contribution in [3.8, 4) is 0 Å². The molecular weight excluding hydrogens is 364 g/mol. The molecule has 1 unspecified atom stereocenters. The lowest BCUT2D eigenvalue weighted by molar-refractivity contribution is -0.106. The molecule has 0 aromatic carbocycles. The van der Waals surface area contributed by atoms with Crippen LogP contribution in [0.4, 0.5) is 0 Å². The van der Waals surface area contributed by atoms with Crippen molar-refractivity contribution >= 4 is 0 Å². The fourth-order valence-electron chi connectivity index (χ4n) is 1.98. The average molecular weight is 400 g/mol. The Balaban J connectivity index is 4.05. The third-order valence-corrected chi connectivity index (χ3v) is 3.38. The summed E-state index contributed by atoms with van der Waals surface area (Å²) in [5.41, 5.74) is -0.754. The lowest BCUT2D eigenvalue weighted by Crippen LogP contribution is -2.41. The minimum Gasteiger partial charge on any atom is -0.396 e. The van der Waals surface area contributed by atoms with Crippen molar-refractivity contribution in [1.82, 2.24) is 0 Å². The van der Waals surface area contributed by atoms with Crippen molar-refractivity contribution < 1.29 is 48.8 Å². The molecule has 0 saturated carbocycles. The second-order valence-electron chi connectivity index (χ2n) is 5.82. The molecule has 0 aliphatic heterocycles. The van der Waals surface area contributed by atoms with E-state index < -0.39 is 5.41 Å². The second kappa shape index (κ2) is 20.3. The molecule has 164 valence electrons. The Kier molecular flexibility index (Phi) is 20.0. The van der Waals surface area contributed by atoms with E-state index in [1.807, 2.05) is 0 Å². The summed E-state index contributed by atoms with van der Waals surface area (Å²) < 4.78 is 32.0. The summed E-state index contributed by atoms with van der Waals surface area (Å²) in [4.78, 5) is 0. The molecule has 0 saturated heterocycles. The number of ether oxygens (including phenoxy) is 6. The Labute approximate surface area is 160 Å². The van der Waals surface area contributed by atoms with Crippen molar-refractivity contribution in [1.29, 1.82) is 0 Å². The highest BCUT2D eigenvalue weighted by Crippen LogP contribution is 2.19. The van der Waals surface area contributed by atoms with Crippen LogP contribution in [0.15, 0.2) is 0 Å². The van der Waals surface area contributed by atoms with Gasteiger partial charge in [-0.3, -0.25) is 0 Å². The molecule has 0 fully saturated rings. The predicted octanol–water partition coefficient (Wildman–Crippen LogP) is -1.96. The van der Waals surface area contributed by atoms with Crippen molar-refractivity contribution in [3.63, 3.8) is 0 Å². The van der Waals surface area contributed by atoms with Gasteiger partial charge in [0.1, 0.15) is 0 Å². The van der Waals surface area contributed by atoms with Crippen LogP contribution in [0.2, 0.25) is 0 Å². The number of rotatable bonds is 22. The Morgan fingerprint density at radius 1 is 0.407 bits per heavy atom. The molecule has 0 amide bonds. The van der Waals surface area contributed by atoms with E-state index in [0.29, 0.717) is 39.6 Å². The lowest BCUT2D eigenvalue weighted by atomic mass is 9.92. The van der Waals surface area contributed by atoms with Gasteiger partial charge in [0.15, 0.2) is 0 Å². The minimum absolute atomic E-state index is 0.0136. The largest absolute Gasteiger partial charge is 0.396 e. The van der Waals surface area contributed by atoms with Crippen LogP contribution >= 0.6 is 0 Å². The molecule has 0 bridgehead atoms. The summed E-state index contributed by atoms with van der Waals surface area (Å²) >= 11 is 0. The maximum absolute atomic E-state index is 9.80. The summed E-state index contributed by atoms with van der Waals surface area (Å²) in [7, 11) is 0. The monoisotopic (exact) mass is 400 g/mol.